The van der Waals surface area contributed by atoms with Gasteiger partial charge in [-0.15, -0.1) is 23.1 Å². The fourth-order valence-electron chi connectivity index (χ4n) is 16.0. The van der Waals surface area contributed by atoms with E-state index in [9.17, 15) is 48.9 Å². The second-order valence-electron chi connectivity index (χ2n) is 27.4. The minimum atomic E-state index is -1.10. The number of thioether (sulfide) groups is 1. The number of epoxide rings is 1. The van der Waals surface area contributed by atoms with Crippen molar-refractivity contribution in [3.63, 3.8) is 0 Å². The van der Waals surface area contributed by atoms with E-state index in [1.54, 1.807) is 44.0 Å². The summed E-state index contributed by atoms with van der Waals surface area (Å²) in [4.78, 5) is 102. The van der Waals surface area contributed by atoms with Crippen molar-refractivity contribution in [2.75, 3.05) is 65.4 Å². The van der Waals surface area contributed by atoms with Crippen molar-refractivity contribution in [1.82, 2.24) is 25.4 Å². The first-order valence-corrected chi connectivity index (χ1v) is 33.9. The Labute approximate surface area is 536 Å². The monoisotopic (exact) mass is 1290 g/mol. The molecule has 4 amide bonds. The van der Waals surface area contributed by atoms with Gasteiger partial charge < -0.3 is 66.2 Å². The van der Waals surface area contributed by atoms with Gasteiger partial charge in [0.15, 0.2) is 11.8 Å². The number of carboxylic acid groups (broad SMARTS) is 2. The lowest BCUT2D eigenvalue weighted by atomic mass is 9.41. The number of nitrogens with two attached hydrogens (primary N) is 2. The number of aliphatic hydroxyl groups is 1. The highest BCUT2D eigenvalue weighted by molar-refractivity contribution is 8.15. The fourth-order valence-corrected chi connectivity index (χ4v) is 18.1. The number of carboxylic acids is 2. The van der Waals surface area contributed by atoms with E-state index in [1.807, 2.05) is 20.8 Å². The second-order valence-corrected chi connectivity index (χ2v) is 29.4. The number of allylic oxidation sites excluding steroid dienone is 5. The largest absolute Gasteiger partial charge is 0.480 e. The average Bonchev–Trinajstić information content (AvgIpc) is 1.46. The number of likely N-dealkylation sites (N-methyl/N-ethyl adjacent to an activating group) is 1. The highest BCUT2D eigenvalue weighted by Gasteiger charge is 2.79. The number of ether oxygens (including phenoxy) is 4. The van der Waals surface area contributed by atoms with Crippen LogP contribution in [0.15, 0.2) is 57.6 Å². The molecule has 1 aromatic carbocycles. The van der Waals surface area contributed by atoms with Crippen LogP contribution in [0.3, 0.4) is 0 Å². The Balaban J connectivity index is 0.671. The maximum atomic E-state index is 13.9. The topological polar surface area (TPSA) is 328 Å². The number of hydrogen-bond acceptors (Lipinski definition) is 18. The van der Waals surface area contributed by atoms with Gasteiger partial charge in [0.2, 0.25) is 17.7 Å². The number of thiazole rings is 1. The number of carbonyl (C=O) groups excluding carboxylic acids is 5. The Bertz CT molecular complexity index is 3220. The number of aliphatic carboxylic acids is 2. The second kappa shape index (κ2) is 27.9. The number of nitrogens with zero attached hydrogens (tertiary/aromatic N) is 4. The van der Waals surface area contributed by atoms with E-state index in [0.29, 0.717) is 69.4 Å². The average molecular weight is 1290 g/mol. The molecule has 24 heteroatoms. The summed E-state index contributed by atoms with van der Waals surface area (Å²) < 4.78 is 24.9. The number of unbranched alkanes of at least 4 members (excludes halogenated alkanes) is 1. The molecular formula is C66H94N8O14S2. The van der Waals surface area contributed by atoms with Crippen LogP contribution in [0.25, 0.3) is 10.2 Å². The number of aromatic nitrogens is 1. The molecular weight excluding hydrogens is 1190 g/mol. The highest BCUT2D eigenvalue weighted by atomic mass is 32.2. The minimum Gasteiger partial charge on any atom is -0.480 e. The third-order valence-electron chi connectivity index (χ3n) is 21.4. The molecule has 9 rings (SSSR count). The first-order valence-electron chi connectivity index (χ1n) is 32.1. The number of aliphatic imine (C=N–C) groups is 1. The van der Waals surface area contributed by atoms with Crippen molar-refractivity contribution in [2.24, 2.45) is 51.0 Å². The van der Waals surface area contributed by atoms with Gasteiger partial charge in [0.1, 0.15) is 27.4 Å². The number of nitrogens with one attached hydrogen (secondary N) is 2. The normalized spacial score (nSPS) is 29.3. The van der Waals surface area contributed by atoms with Crippen molar-refractivity contribution >= 4 is 79.9 Å². The number of ketones is 1. The summed E-state index contributed by atoms with van der Waals surface area (Å²) in [6.45, 7) is 19.2. The van der Waals surface area contributed by atoms with E-state index in [0.717, 1.165) is 61.7 Å². The molecule has 3 heterocycles. The van der Waals surface area contributed by atoms with E-state index >= 15 is 0 Å². The molecule has 1 saturated heterocycles. The van der Waals surface area contributed by atoms with Gasteiger partial charge in [0.05, 0.1) is 48.9 Å². The molecule has 22 nitrogen and oxygen atoms in total. The van der Waals surface area contributed by atoms with E-state index in [-0.39, 0.29) is 153 Å². The van der Waals surface area contributed by atoms with Crippen LogP contribution in [0.2, 0.25) is 0 Å². The fraction of sp³-hybridized carbons (Fsp3) is 0.682. The van der Waals surface area contributed by atoms with E-state index in [1.165, 1.54) is 28.0 Å². The molecule has 2 aromatic rings. The van der Waals surface area contributed by atoms with Gasteiger partial charge in [0, 0.05) is 92.5 Å². The van der Waals surface area contributed by atoms with Gasteiger partial charge in [0.25, 0.3) is 0 Å². The lowest BCUT2D eigenvalue weighted by molar-refractivity contribution is -0.142. The molecule has 12 atom stereocenters. The number of Topliss-reactive ketones (excluding diaryl/α,β-unsaturated/α-hetero) is 1. The summed E-state index contributed by atoms with van der Waals surface area (Å²) in [6, 6.07) is 3.13. The van der Waals surface area contributed by atoms with Gasteiger partial charge >= 0.3 is 18.0 Å². The lowest BCUT2D eigenvalue weighted by Gasteiger charge is -2.66. The molecule has 494 valence electrons. The Morgan fingerprint density at radius 1 is 0.911 bits per heavy atom. The molecule has 0 radical (unpaired) electrons. The summed E-state index contributed by atoms with van der Waals surface area (Å²) in [5, 5.41) is 36.7. The maximum Gasteiger partial charge on any atom is 0.415 e. The predicted molar refractivity (Wildman–Crippen MR) is 343 cm³/mol. The predicted octanol–water partition coefficient (Wildman–Crippen LogP) is 7.33. The first kappa shape index (κ1) is 68.8. The summed E-state index contributed by atoms with van der Waals surface area (Å²) >= 11 is 2.64. The summed E-state index contributed by atoms with van der Waals surface area (Å²) in [6.07, 6.45) is 7.92. The molecule has 3 unspecified atom stereocenters. The number of rotatable bonds is 29. The van der Waals surface area contributed by atoms with Crippen molar-refractivity contribution in [3.8, 4) is 5.75 Å². The zero-order chi connectivity index (χ0) is 65.3. The molecule has 1 spiro atoms. The number of benzene rings is 1. The summed E-state index contributed by atoms with van der Waals surface area (Å²) in [5.74, 6) is -1.44. The van der Waals surface area contributed by atoms with Gasteiger partial charge in [-0.3, -0.25) is 24.2 Å². The summed E-state index contributed by atoms with van der Waals surface area (Å²) in [7, 11) is 1.66. The number of amides is 4. The van der Waals surface area contributed by atoms with Crippen molar-refractivity contribution in [1.29, 1.82) is 0 Å². The summed E-state index contributed by atoms with van der Waals surface area (Å²) in [5.41, 5.74) is 16.8. The van der Waals surface area contributed by atoms with Gasteiger partial charge in [-0.1, -0.05) is 34.3 Å². The van der Waals surface area contributed by atoms with E-state index in [4.69, 9.17) is 30.4 Å². The van der Waals surface area contributed by atoms with Gasteiger partial charge in [-0.2, -0.15) is 0 Å². The van der Waals surface area contributed by atoms with Crippen LogP contribution in [-0.4, -0.2) is 183 Å². The Morgan fingerprint density at radius 3 is 2.38 bits per heavy atom. The van der Waals surface area contributed by atoms with Crippen LogP contribution in [0, 0.1) is 34.5 Å². The molecule has 4 saturated carbocycles. The number of fused-ring (bicyclic) bond motifs is 5. The Hall–Kier alpha value is -5.60. The van der Waals surface area contributed by atoms with Crippen LogP contribution < -0.4 is 26.8 Å². The van der Waals surface area contributed by atoms with Gasteiger partial charge in [-0.25, -0.2) is 19.4 Å². The van der Waals surface area contributed by atoms with E-state index in [2.05, 4.69) is 41.0 Å². The lowest BCUT2D eigenvalue weighted by Crippen LogP contribution is -2.75. The minimum absolute atomic E-state index is 0.0626. The van der Waals surface area contributed by atoms with Crippen LogP contribution in [0.4, 0.5) is 4.79 Å². The van der Waals surface area contributed by atoms with E-state index < -0.39 is 41.1 Å². The van der Waals surface area contributed by atoms with Crippen LogP contribution in [0.1, 0.15) is 150 Å². The molecule has 90 heavy (non-hydrogen) atoms. The Kier molecular flexibility index (Phi) is 21.3. The van der Waals surface area contributed by atoms with Crippen molar-refractivity contribution in [3.05, 3.63) is 57.7 Å². The third-order valence-corrected chi connectivity index (χ3v) is 23.6. The van der Waals surface area contributed by atoms with Crippen molar-refractivity contribution in [2.45, 2.75) is 186 Å². The van der Waals surface area contributed by atoms with Crippen LogP contribution in [0.5, 0.6) is 5.75 Å². The maximum absolute atomic E-state index is 13.9. The zero-order valence-corrected chi connectivity index (χ0v) is 55.3. The SMILES string of the molecule is C=C1C(C)=C(C)C(=O)C(C)=C1C(C)(C)CC(=O)N(C)CCN(CCOCCOCCC(=O)NCCCCC(NC(=O)CC[C@@H](C)[C@H]1CC[C@@H]2[C@@]13O[C@H]3CC1[C@@]2(N)CC[C@]2(N)C[C@H](O)CC[C@]12C)C(=O)O)C(=O)Oc1ccc2nc(C3=NC(C(=O)O)CS3)sc2c1. The quantitative estimate of drug-likeness (QED) is 0.0309. The molecule has 5 aliphatic carbocycles. The molecule has 0 bridgehead atoms. The number of aliphatic hydroxyl groups excluding tert-OH is 1. The third kappa shape index (κ3) is 14.3. The highest BCUT2D eigenvalue weighted by Crippen LogP contribution is 2.73. The molecule has 9 N–H and O–H groups in total. The van der Waals surface area contributed by atoms with Gasteiger partial charge in [-0.05, 0) is 155 Å². The number of carbonyl (C=O) groups is 7. The molecule has 2 aliphatic heterocycles. The number of hydrogen-bond donors (Lipinski definition) is 7. The smallest absolute Gasteiger partial charge is 0.415 e. The Morgan fingerprint density at radius 2 is 1.66 bits per heavy atom. The molecule has 5 fully saturated rings. The zero-order valence-electron chi connectivity index (χ0n) is 53.6. The standard InChI is InChI=1S/C66H94N8O14S2/c1-37(44-15-17-49-65(68)23-22-64(67)34-42(75)19-21-63(64,8)50(65)33-51-66(44,49)88-51)13-18-53(77)70-46(59(80)81)12-10-11-24-69-52(76)20-28-85-30-31-86-29-27-74(26-25-73(9)54(78)35-62(6,7)55-39(3)38(2)40(4)56(79)41(55)5)61(84)87-43-14-16-45-48(32-43)90-58(71-45)57-72-47(36-89-57)60(82)83/h14,16,32,37,42,44,46-47,49-51,75H,3,10-13,15,17-31,33-36,67-68H2,1-2,4-9H3,(H,69,76)(H,70,77)(H,80,81)(H,82,83)/t37-,42-,44-,46?,47?,49+,50?,51+,63-,64+,65-,66+/m1/s1. The molecule has 7 aliphatic rings. The first-order chi connectivity index (χ1) is 42.5. The molecule has 1 aromatic heterocycles. The van der Waals surface area contributed by atoms with Crippen LogP contribution in [-0.2, 0) is 43.0 Å². The van der Waals surface area contributed by atoms with Crippen molar-refractivity contribution < 1.29 is 67.8 Å². The van der Waals surface area contributed by atoms with Crippen LogP contribution >= 0.6 is 23.1 Å².